The lowest BCUT2D eigenvalue weighted by Crippen LogP contribution is -2.10. The summed E-state index contributed by atoms with van der Waals surface area (Å²) in [5, 5.41) is 0. The zero-order chi connectivity index (χ0) is 14.0. The van der Waals surface area contributed by atoms with Crippen molar-refractivity contribution >= 4 is 5.78 Å². The quantitative estimate of drug-likeness (QED) is 0.787. The number of nitrogens with zero attached hydrogens (tertiary/aromatic N) is 1. The second-order valence-corrected chi connectivity index (χ2v) is 4.81. The Labute approximate surface area is 112 Å². The van der Waals surface area contributed by atoms with Crippen LogP contribution >= 0.6 is 0 Å². The first-order valence-electron chi connectivity index (χ1n) is 6.19. The smallest absolute Gasteiger partial charge is 0.188 e. The Balaban J connectivity index is 2.32. The molecule has 0 spiro atoms. The molecule has 2 aromatic rings. The minimum Gasteiger partial charge on any atom is -0.292 e. The number of pyridine rings is 1. The van der Waals surface area contributed by atoms with E-state index >= 15 is 0 Å². The van der Waals surface area contributed by atoms with E-state index in [0.29, 0.717) is 0 Å². The zero-order valence-corrected chi connectivity index (χ0v) is 11.3. The number of carbonyl (C=O) groups excluding carboxylic acids is 1. The van der Waals surface area contributed by atoms with E-state index in [9.17, 15) is 9.18 Å². The van der Waals surface area contributed by atoms with Gasteiger partial charge in [-0.05, 0) is 49.6 Å². The molecule has 1 aromatic heterocycles. The van der Waals surface area contributed by atoms with Gasteiger partial charge in [-0.25, -0.2) is 4.39 Å². The number of benzene rings is 1. The first kappa shape index (κ1) is 13.4. The molecule has 2 rings (SSSR count). The number of aryl methyl sites for hydroxylation is 3. The Morgan fingerprint density at radius 2 is 1.84 bits per heavy atom. The number of hydrogen-bond donors (Lipinski definition) is 0. The van der Waals surface area contributed by atoms with Crippen LogP contribution in [-0.4, -0.2) is 10.8 Å². The van der Waals surface area contributed by atoms with Gasteiger partial charge in [-0.15, -0.1) is 0 Å². The molecule has 19 heavy (non-hydrogen) atoms. The zero-order valence-electron chi connectivity index (χ0n) is 11.3. The standard InChI is InChI=1S/C16H16FNO/c1-10-7-11(2)13(12(3)8-10)9-15(19)16-14(17)5-4-6-18-16/h4-8H,9H2,1-3H3. The van der Waals surface area contributed by atoms with Crippen molar-refractivity contribution in [3.05, 3.63) is 64.2 Å². The first-order valence-corrected chi connectivity index (χ1v) is 6.19. The minimum atomic E-state index is -0.560. The lowest BCUT2D eigenvalue weighted by molar-refractivity contribution is 0.0983. The second-order valence-electron chi connectivity index (χ2n) is 4.81. The maximum Gasteiger partial charge on any atom is 0.188 e. The first-order chi connectivity index (χ1) is 8.99. The molecule has 0 fully saturated rings. The number of aromatic nitrogens is 1. The molecule has 98 valence electrons. The monoisotopic (exact) mass is 257 g/mol. The van der Waals surface area contributed by atoms with Gasteiger partial charge in [-0.1, -0.05) is 17.7 Å². The summed E-state index contributed by atoms with van der Waals surface area (Å²) in [5.74, 6) is -0.844. The van der Waals surface area contributed by atoms with E-state index in [1.54, 1.807) is 0 Å². The van der Waals surface area contributed by atoms with Crippen LogP contribution in [0.2, 0.25) is 0 Å². The topological polar surface area (TPSA) is 30.0 Å². The normalized spacial score (nSPS) is 10.5. The van der Waals surface area contributed by atoms with Crippen LogP contribution in [0.4, 0.5) is 4.39 Å². The van der Waals surface area contributed by atoms with Gasteiger partial charge in [0.25, 0.3) is 0 Å². The van der Waals surface area contributed by atoms with E-state index in [-0.39, 0.29) is 17.9 Å². The highest BCUT2D eigenvalue weighted by atomic mass is 19.1. The number of Topliss-reactive ketones (excluding diaryl/α,β-unsaturated/α-hetero) is 1. The summed E-state index contributed by atoms with van der Waals surface area (Å²) in [4.78, 5) is 15.9. The molecule has 0 aliphatic heterocycles. The minimum absolute atomic E-state index is 0.0816. The van der Waals surface area contributed by atoms with E-state index in [1.807, 2.05) is 32.9 Å². The van der Waals surface area contributed by atoms with Gasteiger partial charge in [0.15, 0.2) is 11.6 Å². The SMILES string of the molecule is Cc1cc(C)c(CC(=O)c2ncccc2F)c(C)c1. The third kappa shape index (κ3) is 2.87. The summed E-state index contributed by atoms with van der Waals surface area (Å²) < 4.78 is 13.5. The summed E-state index contributed by atoms with van der Waals surface area (Å²) in [6.07, 6.45) is 1.62. The van der Waals surface area contributed by atoms with E-state index in [0.717, 1.165) is 22.3 Å². The van der Waals surface area contributed by atoms with Gasteiger partial charge in [-0.3, -0.25) is 9.78 Å². The molecule has 0 aliphatic rings. The van der Waals surface area contributed by atoms with E-state index in [2.05, 4.69) is 4.98 Å². The maximum absolute atomic E-state index is 13.5. The fourth-order valence-corrected chi connectivity index (χ4v) is 2.32. The highest BCUT2D eigenvalue weighted by molar-refractivity contribution is 5.96. The third-order valence-electron chi connectivity index (χ3n) is 3.20. The maximum atomic E-state index is 13.5. The fourth-order valence-electron chi connectivity index (χ4n) is 2.32. The van der Waals surface area contributed by atoms with Crippen LogP contribution in [-0.2, 0) is 6.42 Å². The molecule has 0 unspecified atom stereocenters. The van der Waals surface area contributed by atoms with Crippen molar-refractivity contribution in [1.82, 2.24) is 4.98 Å². The second kappa shape index (κ2) is 5.31. The van der Waals surface area contributed by atoms with Gasteiger partial charge in [0.1, 0.15) is 5.69 Å². The fraction of sp³-hybridized carbons (Fsp3) is 0.250. The van der Waals surface area contributed by atoms with Crippen LogP contribution in [0.3, 0.4) is 0 Å². The Bertz CT molecular complexity index is 611. The summed E-state index contributed by atoms with van der Waals surface area (Å²) >= 11 is 0. The van der Waals surface area contributed by atoms with Crippen molar-refractivity contribution in [3.8, 4) is 0 Å². The number of ketones is 1. The molecule has 0 saturated carbocycles. The highest BCUT2D eigenvalue weighted by Crippen LogP contribution is 2.18. The average molecular weight is 257 g/mol. The van der Waals surface area contributed by atoms with Crippen LogP contribution in [0.1, 0.15) is 32.7 Å². The van der Waals surface area contributed by atoms with Gasteiger partial charge in [0.05, 0.1) is 0 Å². The molecule has 2 nitrogen and oxygen atoms in total. The van der Waals surface area contributed by atoms with Gasteiger partial charge in [0, 0.05) is 12.6 Å². The summed E-state index contributed by atoms with van der Waals surface area (Å²) in [5.41, 5.74) is 4.15. The Morgan fingerprint density at radius 3 is 2.42 bits per heavy atom. The van der Waals surface area contributed by atoms with Crippen LogP contribution in [0, 0.1) is 26.6 Å². The molecule has 0 radical (unpaired) electrons. The van der Waals surface area contributed by atoms with Crippen molar-refractivity contribution in [3.63, 3.8) is 0 Å². The molecular weight excluding hydrogens is 241 g/mol. The number of halogens is 1. The van der Waals surface area contributed by atoms with E-state index in [4.69, 9.17) is 0 Å². The van der Waals surface area contributed by atoms with E-state index < -0.39 is 5.82 Å². The number of carbonyl (C=O) groups is 1. The lowest BCUT2D eigenvalue weighted by atomic mass is 9.95. The van der Waals surface area contributed by atoms with Crippen molar-refractivity contribution < 1.29 is 9.18 Å². The van der Waals surface area contributed by atoms with Crippen LogP contribution in [0.25, 0.3) is 0 Å². The summed E-state index contributed by atoms with van der Waals surface area (Å²) in [6, 6.07) is 6.80. The summed E-state index contributed by atoms with van der Waals surface area (Å²) in [6.45, 7) is 5.96. The van der Waals surface area contributed by atoms with Gasteiger partial charge >= 0.3 is 0 Å². The van der Waals surface area contributed by atoms with Gasteiger partial charge < -0.3 is 0 Å². The van der Waals surface area contributed by atoms with Gasteiger partial charge in [0.2, 0.25) is 0 Å². The molecule has 0 saturated heterocycles. The largest absolute Gasteiger partial charge is 0.292 e. The van der Waals surface area contributed by atoms with Crippen molar-refractivity contribution in [2.75, 3.05) is 0 Å². The van der Waals surface area contributed by atoms with Crippen LogP contribution < -0.4 is 0 Å². The Kier molecular flexibility index (Phi) is 3.74. The number of rotatable bonds is 3. The van der Waals surface area contributed by atoms with Crippen molar-refractivity contribution in [2.24, 2.45) is 0 Å². The molecule has 1 aromatic carbocycles. The van der Waals surface area contributed by atoms with Crippen molar-refractivity contribution in [1.29, 1.82) is 0 Å². The molecule has 0 atom stereocenters. The Hall–Kier alpha value is -2.03. The summed E-state index contributed by atoms with van der Waals surface area (Å²) in [7, 11) is 0. The molecular formula is C16H16FNO. The Morgan fingerprint density at radius 1 is 1.21 bits per heavy atom. The highest BCUT2D eigenvalue weighted by Gasteiger charge is 2.15. The van der Waals surface area contributed by atoms with Crippen LogP contribution in [0.5, 0.6) is 0 Å². The van der Waals surface area contributed by atoms with Crippen LogP contribution in [0.15, 0.2) is 30.5 Å². The van der Waals surface area contributed by atoms with E-state index in [1.165, 1.54) is 18.3 Å². The molecule has 0 N–H and O–H groups in total. The molecule has 1 heterocycles. The predicted octanol–water partition coefficient (Wildman–Crippen LogP) is 3.57. The molecule has 0 amide bonds. The van der Waals surface area contributed by atoms with Gasteiger partial charge in [-0.2, -0.15) is 0 Å². The number of hydrogen-bond acceptors (Lipinski definition) is 2. The third-order valence-corrected chi connectivity index (χ3v) is 3.20. The lowest BCUT2D eigenvalue weighted by Gasteiger charge is -2.10. The van der Waals surface area contributed by atoms with Crippen molar-refractivity contribution in [2.45, 2.75) is 27.2 Å². The molecule has 0 bridgehead atoms. The molecule has 0 aliphatic carbocycles. The molecule has 3 heteroatoms. The average Bonchev–Trinajstić information content (AvgIpc) is 2.34. The predicted molar refractivity (Wildman–Crippen MR) is 72.9 cm³/mol.